The predicted molar refractivity (Wildman–Crippen MR) is 145 cm³/mol. The predicted octanol–water partition coefficient (Wildman–Crippen LogP) is 4.16. The maximum Gasteiger partial charge on any atom is 0.406 e. The molecule has 38 heavy (non-hydrogen) atoms. The van der Waals surface area contributed by atoms with Gasteiger partial charge in [-0.2, -0.15) is 13.2 Å². The number of primary sulfonamides is 1. The summed E-state index contributed by atoms with van der Waals surface area (Å²) in [4.78, 5) is 13.3. The van der Waals surface area contributed by atoms with Gasteiger partial charge in [-0.05, 0) is 28.8 Å². The van der Waals surface area contributed by atoms with Gasteiger partial charge in [0.1, 0.15) is 13.3 Å². The average Bonchev–Trinajstić information content (AvgIpc) is 3.21. The largest absolute Gasteiger partial charge is 0.406 e. The molecule has 0 saturated carbocycles. The van der Waals surface area contributed by atoms with E-state index in [9.17, 15) is 26.4 Å². The van der Waals surface area contributed by atoms with Crippen molar-refractivity contribution < 1.29 is 26.3 Å². The van der Waals surface area contributed by atoms with E-state index in [2.05, 4.69) is 25.1 Å². The van der Waals surface area contributed by atoms with Crippen molar-refractivity contribution in [2.75, 3.05) is 18.3 Å². The summed E-state index contributed by atoms with van der Waals surface area (Å²) in [7, 11) is -5.17. The summed E-state index contributed by atoms with van der Waals surface area (Å²) in [6, 6.07) is 12.4. The lowest BCUT2D eigenvalue weighted by molar-refractivity contribution is -0.140. The summed E-state index contributed by atoms with van der Waals surface area (Å²) >= 11 is 0. The normalized spacial score (nSPS) is 14.3. The zero-order valence-corrected chi connectivity index (χ0v) is 23.2. The second kappa shape index (κ2) is 10.5. The second-order valence-corrected chi connectivity index (χ2v) is 17.9. The number of nitrogens with zero attached hydrogens (tertiary/aromatic N) is 2. The van der Waals surface area contributed by atoms with Crippen LogP contribution in [0.1, 0.15) is 11.1 Å². The molecule has 2 aromatic carbocycles. The Balaban J connectivity index is 1.83. The number of aromatic nitrogens is 1. The number of nitrogens with one attached hydrogen (secondary N) is 1. The number of sulfonamides is 1. The maximum atomic E-state index is 13.6. The lowest BCUT2D eigenvalue weighted by atomic mass is 9.98. The Morgan fingerprint density at radius 1 is 1.13 bits per heavy atom. The van der Waals surface area contributed by atoms with Gasteiger partial charge in [0.05, 0.1) is 22.5 Å². The van der Waals surface area contributed by atoms with Crippen LogP contribution in [-0.2, 0) is 33.6 Å². The summed E-state index contributed by atoms with van der Waals surface area (Å²) in [5.41, 5.74) is 4.51. The van der Waals surface area contributed by atoms with Crippen molar-refractivity contribution in [3.05, 3.63) is 63.9 Å². The van der Waals surface area contributed by atoms with Gasteiger partial charge < -0.3 is 4.74 Å². The molecule has 1 aliphatic rings. The molecule has 206 valence electrons. The highest BCUT2D eigenvalue weighted by atomic mass is 32.2. The third kappa shape index (κ3) is 6.64. The summed E-state index contributed by atoms with van der Waals surface area (Å²) < 4.78 is 70.8. The average molecular weight is 569 g/mol. The molecule has 0 amide bonds. The lowest BCUT2D eigenvalue weighted by Crippen LogP contribution is -2.35. The van der Waals surface area contributed by atoms with E-state index in [4.69, 9.17) is 9.88 Å². The van der Waals surface area contributed by atoms with Gasteiger partial charge in [0.25, 0.3) is 5.56 Å². The minimum Gasteiger partial charge on any atom is -0.360 e. The number of hydrazine groups is 1. The Hall–Kier alpha value is -2.71. The van der Waals surface area contributed by atoms with Crippen LogP contribution in [0.15, 0.2) is 47.3 Å². The minimum absolute atomic E-state index is 0.0816. The van der Waals surface area contributed by atoms with Gasteiger partial charge >= 0.3 is 6.18 Å². The van der Waals surface area contributed by atoms with Crippen LogP contribution >= 0.6 is 0 Å². The van der Waals surface area contributed by atoms with E-state index in [1.54, 1.807) is 41.4 Å². The molecular formula is C25H31F3N4O4SSi. The molecule has 0 radical (unpaired) electrons. The number of hydrogen-bond donors (Lipinski definition) is 2. The van der Waals surface area contributed by atoms with Crippen LogP contribution in [0.5, 0.6) is 0 Å². The van der Waals surface area contributed by atoms with Gasteiger partial charge in [-0.3, -0.25) is 14.4 Å². The van der Waals surface area contributed by atoms with Gasteiger partial charge in [0.2, 0.25) is 10.0 Å². The molecule has 3 aromatic rings. The smallest absolute Gasteiger partial charge is 0.360 e. The van der Waals surface area contributed by atoms with Crippen LogP contribution in [0, 0.1) is 0 Å². The van der Waals surface area contributed by atoms with E-state index in [0.717, 1.165) is 10.6 Å². The van der Waals surface area contributed by atoms with Gasteiger partial charge in [-0.15, -0.1) is 0 Å². The van der Waals surface area contributed by atoms with Crippen LogP contribution in [-0.4, -0.2) is 40.6 Å². The first-order valence-electron chi connectivity index (χ1n) is 12.1. The first-order chi connectivity index (χ1) is 17.6. The number of rotatable bonds is 9. The van der Waals surface area contributed by atoms with Crippen LogP contribution < -0.4 is 21.1 Å². The fourth-order valence-electron chi connectivity index (χ4n) is 4.51. The maximum absolute atomic E-state index is 13.6. The molecule has 0 unspecified atom stereocenters. The Morgan fingerprint density at radius 2 is 1.84 bits per heavy atom. The SMILES string of the molecule is C[Si](C)(C)CCOCN1NCc2c1c1ccc(-c3ccccc3CS(N)(=O)=O)cc1n(CC(F)(F)F)c2=O. The van der Waals surface area contributed by atoms with Crippen LogP contribution in [0.25, 0.3) is 22.0 Å². The number of nitrogens with two attached hydrogens (primary N) is 1. The van der Waals surface area contributed by atoms with Gasteiger partial charge in [0.15, 0.2) is 0 Å². The van der Waals surface area contributed by atoms with E-state index in [-0.39, 0.29) is 24.4 Å². The molecule has 4 rings (SSSR count). The van der Waals surface area contributed by atoms with Crippen molar-refractivity contribution in [1.29, 1.82) is 0 Å². The Labute approximate surface area is 220 Å². The van der Waals surface area contributed by atoms with Gasteiger partial charge in [-0.1, -0.05) is 56.0 Å². The molecule has 2 heterocycles. The van der Waals surface area contributed by atoms with E-state index in [1.165, 1.54) is 6.07 Å². The van der Waals surface area contributed by atoms with Crippen LogP contribution in [0.2, 0.25) is 25.7 Å². The highest BCUT2D eigenvalue weighted by Crippen LogP contribution is 2.36. The number of hydrogen-bond acceptors (Lipinski definition) is 6. The fourth-order valence-corrected chi connectivity index (χ4v) is 5.95. The van der Waals surface area contributed by atoms with E-state index in [0.29, 0.717) is 34.4 Å². The molecular weight excluding hydrogens is 537 g/mol. The number of fused-ring (bicyclic) bond motifs is 3. The number of ether oxygens (including phenoxy) is 1. The number of benzene rings is 2. The number of halogens is 3. The van der Waals surface area contributed by atoms with Crippen molar-refractivity contribution >= 4 is 34.7 Å². The Bertz CT molecular complexity index is 1520. The first kappa shape index (κ1) is 28.3. The number of alkyl halides is 3. The van der Waals surface area contributed by atoms with Crippen molar-refractivity contribution in [1.82, 2.24) is 9.99 Å². The second-order valence-electron chi connectivity index (χ2n) is 10.6. The van der Waals surface area contributed by atoms with E-state index >= 15 is 0 Å². The monoisotopic (exact) mass is 568 g/mol. The summed E-state index contributed by atoms with van der Waals surface area (Å²) in [5, 5.41) is 7.36. The van der Waals surface area contributed by atoms with E-state index < -0.39 is 42.1 Å². The quantitative estimate of drug-likeness (QED) is 0.297. The molecule has 0 aliphatic carbocycles. The number of pyridine rings is 1. The zero-order chi connectivity index (χ0) is 27.9. The third-order valence-corrected chi connectivity index (χ3v) is 8.71. The Kier molecular flexibility index (Phi) is 7.78. The third-order valence-electron chi connectivity index (χ3n) is 6.29. The molecule has 13 heteroatoms. The van der Waals surface area contributed by atoms with Gasteiger partial charge in [-0.25, -0.2) is 19.0 Å². The van der Waals surface area contributed by atoms with Crippen molar-refractivity contribution in [2.45, 2.75) is 50.7 Å². The molecule has 0 spiro atoms. The fraction of sp³-hybridized carbons (Fsp3) is 0.400. The topological polar surface area (TPSA) is 107 Å². The van der Waals surface area contributed by atoms with Crippen LogP contribution in [0.3, 0.4) is 0 Å². The summed E-state index contributed by atoms with van der Waals surface area (Å²) in [6.45, 7) is 5.99. The number of anilines is 1. The first-order valence-corrected chi connectivity index (χ1v) is 17.5. The zero-order valence-electron chi connectivity index (χ0n) is 21.4. The molecule has 0 saturated heterocycles. The molecule has 0 bridgehead atoms. The highest BCUT2D eigenvalue weighted by molar-refractivity contribution is 7.88. The minimum atomic E-state index is -4.63. The van der Waals surface area contributed by atoms with E-state index in [1.807, 2.05) is 0 Å². The molecule has 1 aliphatic heterocycles. The molecule has 1 aromatic heterocycles. The molecule has 8 nitrogen and oxygen atoms in total. The molecule has 0 fully saturated rings. The molecule has 3 N–H and O–H groups in total. The lowest BCUT2D eigenvalue weighted by Gasteiger charge is -2.23. The Morgan fingerprint density at radius 3 is 2.50 bits per heavy atom. The van der Waals surface area contributed by atoms with Crippen molar-refractivity contribution in [3.63, 3.8) is 0 Å². The van der Waals surface area contributed by atoms with Crippen molar-refractivity contribution in [2.24, 2.45) is 5.14 Å². The summed E-state index contributed by atoms with van der Waals surface area (Å²) in [5.74, 6) is -0.437. The van der Waals surface area contributed by atoms with Crippen molar-refractivity contribution in [3.8, 4) is 11.1 Å². The standard InChI is InChI=1S/C25H31F3N4O4SSi/c1-38(2,3)11-10-36-16-32-23-20-9-8-17(19-7-5-4-6-18(19)14-37(29,34)35)12-22(20)31(15-25(26,27)28)24(33)21(23)13-30-32/h4-9,12,30H,10-11,13-16H2,1-3H3,(H2,29,34,35). The van der Waals surface area contributed by atoms with Crippen LogP contribution in [0.4, 0.5) is 18.9 Å². The summed E-state index contributed by atoms with van der Waals surface area (Å²) in [6.07, 6.45) is -4.63. The highest BCUT2D eigenvalue weighted by Gasteiger charge is 2.33. The molecule has 0 atom stereocenters. The van der Waals surface area contributed by atoms with Gasteiger partial charge in [0, 0.05) is 26.6 Å².